The number of carbonyl (C=O) groups excluding carboxylic acids is 4. The molecule has 3 unspecified atom stereocenters. The van der Waals surface area contributed by atoms with Crippen molar-refractivity contribution in [1.29, 1.82) is 0 Å². The Labute approximate surface area is 218 Å². The smallest absolute Gasteiger partial charge is 0.269 e. The Balaban J connectivity index is 1.53. The first kappa shape index (κ1) is 23.5. The van der Waals surface area contributed by atoms with Crippen molar-refractivity contribution in [2.75, 3.05) is 4.90 Å². The molecule has 9 nitrogen and oxygen atoms in total. The maximum atomic E-state index is 13.9. The van der Waals surface area contributed by atoms with Crippen molar-refractivity contribution in [3.8, 4) is 0 Å². The van der Waals surface area contributed by atoms with Crippen LogP contribution in [0.25, 0.3) is 0 Å². The van der Waals surface area contributed by atoms with Crippen LogP contribution in [0.1, 0.15) is 32.4 Å². The van der Waals surface area contributed by atoms with Gasteiger partial charge in [0.2, 0.25) is 29.0 Å². The molecule has 2 aliphatic heterocycles. The Bertz CT molecular complexity index is 1530. The topological polar surface area (TPSA) is 124 Å². The van der Waals surface area contributed by atoms with E-state index >= 15 is 0 Å². The highest BCUT2D eigenvalue weighted by Crippen LogP contribution is 2.58. The van der Waals surface area contributed by atoms with Gasteiger partial charge < -0.3 is 4.74 Å². The van der Waals surface area contributed by atoms with Crippen molar-refractivity contribution in [1.82, 2.24) is 0 Å². The summed E-state index contributed by atoms with van der Waals surface area (Å²) in [7, 11) is 0. The van der Waals surface area contributed by atoms with Crippen molar-refractivity contribution in [2.45, 2.75) is 11.7 Å². The Morgan fingerprint density at radius 2 is 1.49 bits per heavy atom. The number of non-ortho nitro benzene ring substituents is 1. The highest BCUT2D eigenvalue weighted by atomic mass is 35.5. The fraction of sp³-hybridized carbons (Fsp3) is 0.154. The van der Waals surface area contributed by atoms with Gasteiger partial charge in [0, 0.05) is 38.9 Å². The third kappa shape index (κ3) is 3.08. The number of hydrogen-bond acceptors (Lipinski definition) is 7. The molecule has 0 radical (unpaired) electrons. The van der Waals surface area contributed by atoms with Gasteiger partial charge in [-0.2, -0.15) is 0 Å². The van der Waals surface area contributed by atoms with Gasteiger partial charge >= 0.3 is 0 Å². The first-order valence-corrected chi connectivity index (χ1v) is 11.9. The molecule has 0 aromatic heterocycles. The number of nitrogens with zero attached hydrogens (tertiary/aromatic N) is 2. The van der Waals surface area contributed by atoms with Crippen molar-refractivity contribution in [3.63, 3.8) is 0 Å². The summed E-state index contributed by atoms with van der Waals surface area (Å²) in [4.78, 5) is 66.5. The van der Waals surface area contributed by atoms with Crippen molar-refractivity contribution >= 4 is 58.0 Å². The summed E-state index contributed by atoms with van der Waals surface area (Å²) < 4.78 is 6.18. The maximum Gasteiger partial charge on any atom is 0.269 e. The molecule has 2 saturated heterocycles. The Morgan fingerprint density at radius 1 is 0.865 bits per heavy atom. The zero-order valence-corrected chi connectivity index (χ0v) is 20.1. The average molecular weight is 537 g/mol. The number of hydrogen-bond donors (Lipinski definition) is 0. The van der Waals surface area contributed by atoms with Crippen LogP contribution in [0.15, 0.2) is 66.7 Å². The van der Waals surface area contributed by atoms with Crippen LogP contribution >= 0.6 is 23.2 Å². The third-order valence-electron chi connectivity index (χ3n) is 7.11. The maximum absolute atomic E-state index is 13.9. The average Bonchev–Trinajstić information content (AvgIpc) is 3.44. The van der Waals surface area contributed by atoms with Crippen LogP contribution in [-0.2, 0) is 14.3 Å². The summed E-state index contributed by atoms with van der Waals surface area (Å²) in [6.45, 7) is 0. The lowest BCUT2D eigenvalue weighted by atomic mass is 9.77. The van der Waals surface area contributed by atoms with Crippen LogP contribution < -0.4 is 4.90 Å². The van der Waals surface area contributed by atoms with E-state index in [9.17, 15) is 29.3 Å². The zero-order chi connectivity index (χ0) is 26.2. The number of carbonyl (C=O) groups is 4. The summed E-state index contributed by atoms with van der Waals surface area (Å²) in [5.41, 5.74) is -1.93. The van der Waals surface area contributed by atoms with E-state index in [1.807, 2.05) is 0 Å². The lowest BCUT2D eigenvalue weighted by Crippen LogP contribution is -2.51. The van der Waals surface area contributed by atoms with E-state index in [0.29, 0.717) is 10.6 Å². The fourth-order valence-electron chi connectivity index (χ4n) is 5.51. The SMILES string of the molecule is O=C1C2C(c3ccc(Cl)cc3Cl)OC3(C(=O)c4ccccc4C3=O)C2C(=O)N1c1ccc([N+](=O)[O-])cc1. The number of ketones is 2. The Kier molecular flexibility index (Phi) is 5.10. The summed E-state index contributed by atoms with van der Waals surface area (Å²) in [5, 5.41) is 11.5. The van der Waals surface area contributed by atoms with Gasteiger partial charge in [0.25, 0.3) is 5.69 Å². The summed E-state index contributed by atoms with van der Waals surface area (Å²) in [6, 6.07) is 15.5. The molecule has 0 bridgehead atoms. The molecule has 2 fully saturated rings. The Morgan fingerprint density at radius 3 is 2.05 bits per heavy atom. The third-order valence-corrected chi connectivity index (χ3v) is 7.67. The second-order valence-corrected chi connectivity index (χ2v) is 9.78. The monoisotopic (exact) mass is 536 g/mol. The number of amides is 2. The summed E-state index contributed by atoms with van der Waals surface area (Å²) in [6.07, 6.45) is -1.21. The van der Waals surface area contributed by atoms with Crippen LogP contribution in [0.5, 0.6) is 0 Å². The van der Waals surface area contributed by atoms with Gasteiger partial charge in [-0.3, -0.25) is 29.3 Å². The number of rotatable bonds is 3. The van der Waals surface area contributed by atoms with Gasteiger partial charge in [0.15, 0.2) is 0 Å². The molecule has 11 heteroatoms. The molecule has 1 aliphatic carbocycles. The standard InChI is InChI=1S/C26H14Cl2N2O7/c27-12-5-10-17(18(28)11-12)21-19-20(26(37-21)22(31)15-3-1-2-4-16(15)23(26)32)25(34)29(24(19)33)13-6-8-14(9-7-13)30(35)36/h1-11,19-21H. The van der Waals surface area contributed by atoms with Gasteiger partial charge in [-0.25, -0.2) is 4.90 Å². The second-order valence-electron chi connectivity index (χ2n) is 8.93. The number of halogens is 2. The molecular weight excluding hydrogens is 523 g/mol. The molecule has 3 aromatic carbocycles. The van der Waals surface area contributed by atoms with Crippen LogP contribution in [-0.4, -0.2) is 33.9 Å². The van der Waals surface area contributed by atoms with Crippen LogP contribution in [0.3, 0.4) is 0 Å². The number of nitro benzene ring substituents is 1. The zero-order valence-electron chi connectivity index (χ0n) is 18.6. The largest absolute Gasteiger partial charge is 0.349 e. The quantitative estimate of drug-likeness (QED) is 0.207. The first-order valence-electron chi connectivity index (χ1n) is 11.1. The van der Waals surface area contributed by atoms with Crippen molar-refractivity contribution < 1.29 is 28.8 Å². The molecule has 0 saturated carbocycles. The predicted molar refractivity (Wildman–Crippen MR) is 131 cm³/mol. The van der Waals surface area contributed by atoms with E-state index < -0.39 is 51.8 Å². The van der Waals surface area contributed by atoms with Crippen LogP contribution in [0.2, 0.25) is 10.0 Å². The number of fused-ring (bicyclic) bond motifs is 3. The van der Waals surface area contributed by atoms with Crippen molar-refractivity contribution in [2.24, 2.45) is 11.8 Å². The highest BCUT2D eigenvalue weighted by Gasteiger charge is 2.74. The lowest BCUT2D eigenvalue weighted by molar-refractivity contribution is -0.384. The fourth-order valence-corrected chi connectivity index (χ4v) is 6.03. The number of ether oxygens (including phenoxy) is 1. The molecule has 2 amide bonds. The molecule has 0 N–H and O–H groups in total. The molecule has 6 rings (SSSR count). The van der Waals surface area contributed by atoms with Gasteiger partial charge in [0.05, 0.1) is 28.6 Å². The molecular formula is C26H14Cl2N2O7. The van der Waals surface area contributed by atoms with E-state index in [4.69, 9.17) is 27.9 Å². The molecule has 1 spiro atoms. The molecule has 37 heavy (non-hydrogen) atoms. The van der Waals surface area contributed by atoms with Gasteiger partial charge in [-0.1, -0.05) is 53.5 Å². The number of nitro groups is 1. The summed E-state index contributed by atoms with van der Waals surface area (Å²) in [5.74, 6) is -5.67. The van der Waals surface area contributed by atoms with Crippen LogP contribution in [0.4, 0.5) is 11.4 Å². The number of benzene rings is 3. The minimum atomic E-state index is -2.26. The number of Topliss-reactive ketones (excluding diaryl/α,β-unsaturated/α-hetero) is 2. The van der Waals surface area contributed by atoms with Gasteiger partial charge in [-0.15, -0.1) is 0 Å². The second kappa shape index (κ2) is 8.04. The number of anilines is 1. The lowest BCUT2D eigenvalue weighted by Gasteiger charge is -2.27. The Hall–Kier alpha value is -3.92. The molecule has 3 atom stereocenters. The minimum Gasteiger partial charge on any atom is -0.349 e. The normalized spacial score (nSPS) is 23.6. The number of imide groups is 1. The van der Waals surface area contributed by atoms with E-state index in [-0.39, 0.29) is 27.5 Å². The first-order chi connectivity index (χ1) is 17.7. The van der Waals surface area contributed by atoms with Gasteiger partial charge in [0.1, 0.15) is 0 Å². The van der Waals surface area contributed by atoms with Crippen molar-refractivity contribution in [3.05, 3.63) is 104 Å². The van der Waals surface area contributed by atoms with Gasteiger partial charge in [-0.05, 0) is 24.3 Å². The van der Waals surface area contributed by atoms with Crippen LogP contribution in [0, 0.1) is 22.0 Å². The molecule has 184 valence electrons. The molecule has 2 heterocycles. The molecule has 3 aliphatic rings. The van der Waals surface area contributed by atoms with E-state index in [1.54, 1.807) is 12.1 Å². The van der Waals surface area contributed by atoms with E-state index in [0.717, 1.165) is 17.0 Å². The highest BCUT2D eigenvalue weighted by molar-refractivity contribution is 6.37. The van der Waals surface area contributed by atoms with E-state index in [1.165, 1.54) is 42.5 Å². The molecule has 3 aromatic rings. The minimum absolute atomic E-state index is 0.0708. The predicted octanol–water partition coefficient (Wildman–Crippen LogP) is 4.60. The van der Waals surface area contributed by atoms with E-state index in [2.05, 4.69) is 0 Å². The summed E-state index contributed by atoms with van der Waals surface area (Å²) >= 11 is 12.5.